The zero-order chi connectivity index (χ0) is 20.4. The topological polar surface area (TPSA) is 77.5 Å². The van der Waals surface area contributed by atoms with Gasteiger partial charge >= 0.3 is 5.97 Å². The van der Waals surface area contributed by atoms with E-state index in [0.717, 1.165) is 19.3 Å². The van der Waals surface area contributed by atoms with E-state index in [1.807, 2.05) is 0 Å². The fourth-order valence-corrected chi connectivity index (χ4v) is 7.87. The van der Waals surface area contributed by atoms with Crippen LogP contribution in [0, 0.1) is 40.4 Å². The monoisotopic (exact) mass is 388 g/mol. The highest BCUT2D eigenvalue weighted by Gasteiger charge is 2.67. The Balaban J connectivity index is 1.74. The van der Waals surface area contributed by atoms with E-state index in [0.29, 0.717) is 31.5 Å². The molecular weight excluding hydrogens is 356 g/mol. The van der Waals surface area contributed by atoms with Crippen molar-refractivity contribution in [2.24, 2.45) is 40.4 Å². The summed E-state index contributed by atoms with van der Waals surface area (Å²) in [6, 6.07) is 0. The maximum atomic E-state index is 13.5. The van der Waals surface area contributed by atoms with Crippen LogP contribution in [-0.2, 0) is 23.9 Å². The quantitative estimate of drug-likeness (QED) is 0.677. The zero-order valence-electron chi connectivity index (χ0n) is 17.5. The van der Waals surface area contributed by atoms with Gasteiger partial charge < -0.3 is 4.74 Å². The predicted octanol–water partition coefficient (Wildman–Crippen LogP) is 3.52. The highest BCUT2D eigenvalue weighted by atomic mass is 16.5. The Morgan fingerprint density at radius 2 is 1.79 bits per heavy atom. The fraction of sp³-hybridized carbons (Fsp3) is 0.826. The van der Waals surface area contributed by atoms with Gasteiger partial charge in [0, 0.05) is 43.9 Å². The summed E-state index contributed by atoms with van der Waals surface area (Å²) < 4.78 is 5.74. The fourth-order valence-electron chi connectivity index (χ4n) is 7.87. The Morgan fingerprint density at radius 3 is 2.43 bits per heavy atom. The lowest BCUT2D eigenvalue weighted by atomic mass is 9.44. The second kappa shape index (κ2) is 6.50. The molecule has 0 spiro atoms. The molecule has 0 N–H and O–H groups in total. The molecule has 28 heavy (non-hydrogen) atoms. The van der Waals surface area contributed by atoms with Crippen molar-refractivity contribution < 1.29 is 23.9 Å². The first-order chi connectivity index (χ1) is 13.1. The predicted molar refractivity (Wildman–Crippen MR) is 102 cm³/mol. The lowest BCUT2D eigenvalue weighted by Gasteiger charge is -2.59. The minimum atomic E-state index is -0.433. The standard InChI is InChI=1S/C23H32O5/c1-12(24)17-10-19(28-13(2)25)21-16-6-5-14-9-15(26)7-8-22(14,3)20(16)18(27)11-23(17,21)4/h14,16-17,19-21H,5-11H2,1-4H3/t14?,16-,17-,19?,20-,21-,22+,23-/m1/s1. The van der Waals surface area contributed by atoms with Gasteiger partial charge in [0.1, 0.15) is 23.5 Å². The summed E-state index contributed by atoms with van der Waals surface area (Å²) in [5.41, 5.74) is -0.581. The molecule has 0 aromatic heterocycles. The Labute approximate surface area is 167 Å². The molecule has 0 bridgehead atoms. The lowest BCUT2D eigenvalue weighted by molar-refractivity contribution is -0.171. The molecule has 0 saturated heterocycles. The van der Waals surface area contributed by atoms with Crippen molar-refractivity contribution >= 4 is 23.3 Å². The zero-order valence-corrected chi connectivity index (χ0v) is 17.5. The summed E-state index contributed by atoms with van der Waals surface area (Å²) in [5.74, 6) is 0.513. The van der Waals surface area contributed by atoms with E-state index < -0.39 is 5.41 Å². The van der Waals surface area contributed by atoms with Gasteiger partial charge in [-0.25, -0.2) is 0 Å². The van der Waals surface area contributed by atoms with Gasteiger partial charge in [0.25, 0.3) is 0 Å². The molecule has 154 valence electrons. The van der Waals surface area contributed by atoms with E-state index in [9.17, 15) is 19.2 Å². The van der Waals surface area contributed by atoms with Gasteiger partial charge in [0.05, 0.1) is 0 Å². The minimum Gasteiger partial charge on any atom is -0.462 e. The average molecular weight is 389 g/mol. The SMILES string of the molecule is CC(=O)OC1C[C@H](C(C)=O)[C@@]2(C)CC(=O)[C@H]3[C@@H](CCC4CC(=O)CC[C@@]43C)[C@H]12. The molecule has 4 aliphatic rings. The van der Waals surface area contributed by atoms with Gasteiger partial charge in [-0.15, -0.1) is 0 Å². The summed E-state index contributed by atoms with van der Waals surface area (Å²) in [6.07, 6.45) is 4.40. The van der Waals surface area contributed by atoms with Crippen molar-refractivity contribution in [2.75, 3.05) is 0 Å². The van der Waals surface area contributed by atoms with Crippen molar-refractivity contribution in [1.29, 1.82) is 0 Å². The largest absolute Gasteiger partial charge is 0.462 e. The van der Waals surface area contributed by atoms with Gasteiger partial charge in [-0.2, -0.15) is 0 Å². The van der Waals surface area contributed by atoms with Gasteiger partial charge in [0.2, 0.25) is 0 Å². The number of hydrogen-bond donors (Lipinski definition) is 0. The highest BCUT2D eigenvalue weighted by Crippen LogP contribution is 2.66. The average Bonchev–Trinajstić information content (AvgIpc) is 2.86. The minimum absolute atomic E-state index is 0.0448. The lowest BCUT2D eigenvalue weighted by Crippen LogP contribution is -2.59. The molecule has 4 saturated carbocycles. The van der Waals surface area contributed by atoms with Gasteiger partial charge in [-0.05, 0) is 55.3 Å². The van der Waals surface area contributed by atoms with Crippen molar-refractivity contribution in [3.8, 4) is 0 Å². The van der Waals surface area contributed by atoms with Crippen molar-refractivity contribution in [3.05, 3.63) is 0 Å². The van der Waals surface area contributed by atoms with E-state index in [4.69, 9.17) is 4.74 Å². The highest BCUT2D eigenvalue weighted by molar-refractivity contribution is 5.88. The van der Waals surface area contributed by atoms with Crippen LogP contribution in [-0.4, -0.2) is 29.4 Å². The molecular formula is C23H32O5. The maximum Gasteiger partial charge on any atom is 0.302 e. The molecule has 4 rings (SSSR count). The third-order valence-corrected chi connectivity index (χ3v) is 8.93. The van der Waals surface area contributed by atoms with E-state index in [2.05, 4.69) is 13.8 Å². The van der Waals surface area contributed by atoms with Crippen molar-refractivity contribution in [3.63, 3.8) is 0 Å². The number of fused-ring (bicyclic) bond motifs is 5. The normalized spacial score (nSPS) is 47.7. The molecule has 0 aromatic rings. The van der Waals surface area contributed by atoms with Crippen molar-refractivity contribution in [2.45, 2.75) is 78.7 Å². The first-order valence-corrected chi connectivity index (χ1v) is 10.8. The van der Waals surface area contributed by atoms with Crippen LogP contribution >= 0.6 is 0 Å². The third kappa shape index (κ3) is 2.72. The first-order valence-electron chi connectivity index (χ1n) is 10.8. The number of carbonyl (C=O) groups excluding carboxylic acids is 4. The molecule has 0 radical (unpaired) electrons. The smallest absolute Gasteiger partial charge is 0.302 e. The van der Waals surface area contributed by atoms with Crippen LogP contribution in [0.5, 0.6) is 0 Å². The molecule has 4 aliphatic carbocycles. The summed E-state index contributed by atoms with van der Waals surface area (Å²) in [6.45, 7) is 7.30. The van der Waals surface area contributed by atoms with Crippen LogP contribution < -0.4 is 0 Å². The molecule has 5 nitrogen and oxygen atoms in total. The number of ether oxygens (including phenoxy) is 1. The number of ketones is 3. The second-order valence-electron chi connectivity index (χ2n) is 10.4. The number of carbonyl (C=O) groups is 4. The Hall–Kier alpha value is -1.52. The van der Waals surface area contributed by atoms with Gasteiger partial charge in [-0.1, -0.05) is 13.8 Å². The first kappa shape index (κ1) is 19.8. The summed E-state index contributed by atoms with van der Waals surface area (Å²) in [4.78, 5) is 49.8. The van der Waals surface area contributed by atoms with Crippen LogP contribution in [0.15, 0.2) is 0 Å². The van der Waals surface area contributed by atoms with Crippen LogP contribution in [0.2, 0.25) is 0 Å². The second-order valence-corrected chi connectivity index (χ2v) is 10.4. The van der Waals surface area contributed by atoms with Gasteiger partial charge in [-0.3, -0.25) is 19.2 Å². The van der Waals surface area contributed by atoms with Crippen LogP contribution in [0.1, 0.15) is 72.6 Å². The van der Waals surface area contributed by atoms with Crippen LogP contribution in [0.4, 0.5) is 0 Å². The Morgan fingerprint density at radius 1 is 1.07 bits per heavy atom. The molecule has 0 heterocycles. The Bertz CT molecular complexity index is 741. The Kier molecular flexibility index (Phi) is 4.59. The van der Waals surface area contributed by atoms with Crippen LogP contribution in [0.25, 0.3) is 0 Å². The number of esters is 1. The summed E-state index contributed by atoms with van der Waals surface area (Å²) in [5, 5.41) is 0. The van der Waals surface area contributed by atoms with E-state index in [1.165, 1.54) is 6.92 Å². The molecule has 8 atom stereocenters. The van der Waals surface area contributed by atoms with Crippen molar-refractivity contribution in [1.82, 2.24) is 0 Å². The molecule has 4 fully saturated rings. The third-order valence-electron chi connectivity index (χ3n) is 8.93. The van der Waals surface area contributed by atoms with E-state index >= 15 is 0 Å². The molecule has 2 unspecified atom stereocenters. The van der Waals surface area contributed by atoms with Gasteiger partial charge in [0.15, 0.2) is 0 Å². The summed E-state index contributed by atoms with van der Waals surface area (Å²) in [7, 11) is 0. The maximum absolute atomic E-state index is 13.5. The summed E-state index contributed by atoms with van der Waals surface area (Å²) >= 11 is 0. The molecule has 0 aliphatic heterocycles. The molecule has 5 heteroatoms. The van der Waals surface area contributed by atoms with E-state index in [-0.39, 0.29) is 58.6 Å². The van der Waals surface area contributed by atoms with Crippen LogP contribution in [0.3, 0.4) is 0 Å². The molecule has 0 amide bonds. The van der Waals surface area contributed by atoms with E-state index in [1.54, 1.807) is 6.92 Å². The number of Topliss-reactive ketones (excluding diaryl/α,β-unsaturated/α-hetero) is 3. The number of hydrogen-bond acceptors (Lipinski definition) is 5. The number of rotatable bonds is 2. The molecule has 0 aromatic carbocycles.